The zero-order chi connectivity index (χ0) is 81.1. The van der Waals surface area contributed by atoms with Crippen molar-refractivity contribution in [2.24, 2.45) is 0 Å². The Morgan fingerprint density at radius 2 is 0.443 bits per heavy atom. The van der Waals surface area contributed by atoms with Gasteiger partial charge in [-0.3, -0.25) is 0 Å². The van der Waals surface area contributed by atoms with Gasteiger partial charge in [-0.2, -0.15) is 13.2 Å². The number of benzene rings is 9. The Balaban J connectivity index is 0.000000236. The van der Waals surface area contributed by atoms with Gasteiger partial charge in [0.1, 0.15) is 5.56 Å². The number of hydrogen-bond donors (Lipinski definition) is 1. The first-order valence-corrected chi connectivity index (χ1v) is 28.7. The molecule has 1 N–H and O–H groups in total. The molecule has 0 unspecified atom stereocenters. The van der Waals surface area contributed by atoms with Gasteiger partial charge in [0.05, 0.1) is 27.9 Å². The van der Waals surface area contributed by atoms with E-state index >= 15 is 0 Å². The Kier molecular flexibility index (Phi) is 28.1. The molecule has 0 saturated carbocycles. The summed E-state index contributed by atoms with van der Waals surface area (Å²) in [5.74, 6) is -75.6. The summed E-state index contributed by atoms with van der Waals surface area (Å²) in [4.78, 5) is 1.32. The number of piperidine rings is 1. The molecule has 570 valence electrons. The van der Waals surface area contributed by atoms with Gasteiger partial charge in [-0.15, -0.1) is 0 Å². The van der Waals surface area contributed by atoms with Gasteiger partial charge in [0.15, 0.2) is 180 Å². The van der Waals surface area contributed by atoms with Crippen LogP contribution in [0.2, 0.25) is 0 Å². The molecule has 0 aromatic heterocycles. The Labute approximate surface area is 572 Å². The van der Waals surface area contributed by atoms with Crippen molar-refractivity contribution in [2.75, 3.05) is 18.0 Å². The Morgan fingerprint density at radius 3 is 0.632 bits per heavy atom. The van der Waals surface area contributed by atoms with Gasteiger partial charge >= 0.3 is 29.6 Å². The predicted octanol–water partition coefficient (Wildman–Crippen LogP) is 22.2. The summed E-state index contributed by atoms with van der Waals surface area (Å²) in [7, 11) is 0. The molecule has 1 aliphatic rings. The summed E-state index contributed by atoms with van der Waals surface area (Å²) < 4.78 is 517. The number of rotatable bonds is 5. The first kappa shape index (κ1) is 86.9. The van der Waals surface area contributed by atoms with Crippen LogP contribution in [-0.4, -0.2) is 32.7 Å². The molecule has 0 spiro atoms. The second-order valence-electron chi connectivity index (χ2n) is 21.0. The maximum atomic E-state index is 13.8. The number of aryl methyl sites for hydroxylation is 4. The molecule has 1 heterocycles. The van der Waals surface area contributed by atoms with Crippen molar-refractivity contribution >= 4 is 21.2 Å². The number of anilines is 1. The van der Waals surface area contributed by atoms with Crippen molar-refractivity contribution in [3.8, 4) is 44.5 Å². The van der Waals surface area contributed by atoms with E-state index in [2.05, 4.69) is 0 Å². The summed E-state index contributed by atoms with van der Waals surface area (Å²) >= 11 is -1.50. The van der Waals surface area contributed by atoms with E-state index in [1.54, 1.807) is 0 Å². The van der Waals surface area contributed by atoms with E-state index in [4.69, 9.17) is 7.96 Å². The van der Waals surface area contributed by atoms with Gasteiger partial charge in [0.2, 0.25) is 23.3 Å². The van der Waals surface area contributed by atoms with Crippen LogP contribution in [0.4, 0.5) is 173 Å². The van der Waals surface area contributed by atoms with Crippen LogP contribution < -0.4 is 4.90 Å². The summed E-state index contributed by atoms with van der Waals surface area (Å²) in [6.45, 7) is 4.42. The number of halogens is 38. The molecule has 0 amide bonds. The molecule has 3 nitrogen and oxygen atoms in total. The molecule has 1 aliphatic heterocycles. The fourth-order valence-corrected chi connectivity index (χ4v) is 9.22. The molecule has 106 heavy (non-hydrogen) atoms. The van der Waals surface area contributed by atoms with Gasteiger partial charge in [-0.05, 0) is 93.5 Å². The van der Waals surface area contributed by atoms with Crippen LogP contribution >= 0.6 is 0 Å². The van der Waals surface area contributed by atoms with Gasteiger partial charge in [-0.1, -0.05) is 0 Å². The molecule has 1 saturated heterocycles. The summed E-state index contributed by atoms with van der Waals surface area (Å²) in [6, 6.07) is 2.29. The average molecular weight is 1590 g/mol. The molecule has 9 aromatic carbocycles. The number of nitrogens with zero attached hydrogens (tertiary/aromatic N) is 1. The fourth-order valence-electron chi connectivity index (χ4n) is 9.22. The minimum atomic E-state index is -5.26. The summed E-state index contributed by atoms with van der Waals surface area (Å²) in [5.41, 5.74) is -16.6. The van der Waals surface area contributed by atoms with Crippen LogP contribution in [0.5, 0.6) is 0 Å². The monoisotopic (exact) mass is 1590 g/mol. The van der Waals surface area contributed by atoms with E-state index in [0.29, 0.717) is 56.3 Å². The maximum absolute atomic E-state index is 13.8. The van der Waals surface area contributed by atoms with E-state index < -0.39 is 303 Å². The Morgan fingerprint density at radius 1 is 0.264 bits per heavy atom. The normalized spacial score (nSPS) is 11.9. The van der Waals surface area contributed by atoms with Crippen molar-refractivity contribution in [3.05, 3.63) is 262 Å². The van der Waals surface area contributed by atoms with E-state index in [1.807, 2.05) is 0 Å². The third kappa shape index (κ3) is 16.9. The molecule has 1 fully saturated rings. The second kappa shape index (κ2) is 34.2. The van der Waals surface area contributed by atoms with Gasteiger partial charge < -0.3 is 4.90 Å². The van der Waals surface area contributed by atoms with Crippen LogP contribution in [-0.2, 0) is 9.98 Å². The van der Waals surface area contributed by atoms with Crippen LogP contribution in [0.3, 0.4) is 0 Å². The van der Waals surface area contributed by atoms with E-state index in [1.165, 1.54) is 4.90 Å². The third-order valence-electron chi connectivity index (χ3n) is 14.3. The fraction of sp³-hybridized carbons (Fsp3) is 0.156. The average Bonchev–Trinajstić information content (AvgIpc) is 0.793. The predicted molar refractivity (Wildman–Crippen MR) is 291 cm³/mol. The zero-order valence-electron chi connectivity index (χ0n) is 51.7. The minimum absolute atomic E-state index is 0.333. The molecule has 9 aromatic rings. The van der Waals surface area contributed by atoms with E-state index in [9.17, 15) is 167 Å². The Hall–Kier alpha value is -9.75. The first-order valence-electron chi connectivity index (χ1n) is 27.7. The summed E-state index contributed by atoms with van der Waals surface area (Å²) in [5, 5.41) is 0. The van der Waals surface area contributed by atoms with Crippen molar-refractivity contribution in [3.63, 3.8) is 0 Å². The first-order chi connectivity index (χ1) is 49.0. The standard InChI is InChI=1S/4C13H4F8.C12H11F6N.Al.H2O.O/c4*1-3-2-4(7(15)10(18)6(3)14)5-8(16)11(19)13(21)12(20)9(5)17;13-7-6-8(19-4-2-1-3-5-19)11(15)9(10(7)14)12(16,17)18;;;/h4*2H,1H3;6H,1-5H2;;1H2;/q;;;;;+1;;/p-1. The van der Waals surface area contributed by atoms with Gasteiger partial charge in [-0.25, -0.2) is 154 Å². The molecule has 0 bridgehead atoms. The molecule has 0 atom stereocenters. The molecule has 0 radical (unpaired) electrons. The third-order valence-corrected chi connectivity index (χ3v) is 14.3. The molecular formula is C64H28AlF38NO2. The van der Waals surface area contributed by atoms with Gasteiger partial charge in [0, 0.05) is 41.4 Å². The molecular weight excluding hydrogens is 1560 g/mol. The number of alkyl halides is 3. The topological polar surface area (TPSA) is 40.5 Å². The van der Waals surface area contributed by atoms with Crippen LogP contribution in [0, 0.1) is 231 Å². The van der Waals surface area contributed by atoms with Crippen molar-refractivity contribution < 1.29 is 175 Å². The molecule has 0 aliphatic carbocycles. The number of hydrogen-bond acceptors (Lipinski definition) is 2. The van der Waals surface area contributed by atoms with Crippen molar-refractivity contribution in [1.82, 2.24) is 0 Å². The molecule has 10 rings (SSSR count). The molecule has 42 heteroatoms. The zero-order valence-corrected chi connectivity index (χ0v) is 52.8. The Bertz CT molecular complexity index is 4330. The van der Waals surface area contributed by atoms with Crippen molar-refractivity contribution in [2.45, 2.75) is 53.1 Å². The second-order valence-corrected chi connectivity index (χ2v) is 21.3. The van der Waals surface area contributed by atoms with Crippen LogP contribution in [0.1, 0.15) is 47.1 Å². The van der Waals surface area contributed by atoms with E-state index in [0.717, 1.165) is 34.1 Å². The SMILES string of the molecule is Cc1cc(-c2c(F)c(F)c(F)c(F)c2F)c(F)c(F)c1F.Cc1cc(-c2c(F)c(F)c(F)c(F)c2F)c(F)c(F)c1F.Cc1cc(-c2c(F)c(F)c(F)c(F)c2F)c(F)c(F)c1F.Cc1cc(-c2c(F)c(F)c(F)c(F)c2F)c(F)c(F)c1F.Fc1cc(N2CCCCC2)c(F)c(C(F)(F)F)c1F.[O]=[Al][OH]. The van der Waals surface area contributed by atoms with E-state index in [-0.39, 0.29) is 0 Å². The summed E-state index contributed by atoms with van der Waals surface area (Å²) in [6.07, 6.45) is -3.02. The van der Waals surface area contributed by atoms with Crippen LogP contribution in [0.15, 0.2) is 30.3 Å². The quantitative estimate of drug-likeness (QED) is 0.0808. The van der Waals surface area contributed by atoms with Gasteiger partial charge in [0.25, 0.3) is 0 Å². The van der Waals surface area contributed by atoms with Crippen LogP contribution in [0.25, 0.3) is 44.5 Å². The van der Waals surface area contributed by atoms with Crippen molar-refractivity contribution in [1.29, 1.82) is 0 Å².